The van der Waals surface area contributed by atoms with Gasteiger partial charge < -0.3 is 15.4 Å². The molecule has 1 aromatic rings. The van der Waals surface area contributed by atoms with E-state index in [1.165, 1.54) is 6.42 Å². The van der Waals surface area contributed by atoms with Gasteiger partial charge in [-0.15, -0.1) is 0 Å². The Morgan fingerprint density at radius 2 is 1.87 bits per heavy atom. The van der Waals surface area contributed by atoms with Gasteiger partial charge in [-0.25, -0.2) is 0 Å². The summed E-state index contributed by atoms with van der Waals surface area (Å²) in [6.45, 7) is 5.91. The van der Waals surface area contributed by atoms with Gasteiger partial charge in [0.05, 0.1) is 13.2 Å². The van der Waals surface area contributed by atoms with Crippen molar-refractivity contribution in [1.29, 1.82) is 0 Å². The number of nitrogens with two attached hydrogens (primary N) is 1. The third-order valence-corrected chi connectivity index (χ3v) is 4.90. The third kappa shape index (κ3) is 4.10. The zero-order valence-corrected chi connectivity index (χ0v) is 13.7. The molecule has 5 heteroatoms. The Balaban J connectivity index is 1.67. The highest BCUT2D eigenvalue weighted by Crippen LogP contribution is 2.21. The average Bonchev–Trinajstić information content (AvgIpc) is 2.62. The van der Waals surface area contributed by atoms with E-state index in [0.29, 0.717) is 12.6 Å². The van der Waals surface area contributed by atoms with Crippen LogP contribution in [-0.4, -0.2) is 61.1 Å². The Bertz CT molecular complexity index is 512. The minimum Gasteiger partial charge on any atom is -0.379 e. The fraction of sp³-hybridized carbons (Fsp3) is 0.611. The third-order valence-electron chi connectivity index (χ3n) is 4.90. The molecule has 0 spiro atoms. The smallest absolute Gasteiger partial charge is 0.254 e. The van der Waals surface area contributed by atoms with Crippen molar-refractivity contribution >= 4 is 5.91 Å². The van der Waals surface area contributed by atoms with Gasteiger partial charge in [-0.1, -0.05) is 12.1 Å². The number of hydrogen-bond donors (Lipinski definition) is 1. The molecular weight excluding hydrogens is 290 g/mol. The Morgan fingerprint density at radius 3 is 2.57 bits per heavy atom. The molecule has 2 N–H and O–H groups in total. The number of rotatable bonds is 4. The first kappa shape index (κ1) is 16.4. The average molecular weight is 317 g/mol. The summed E-state index contributed by atoms with van der Waals surface area (Å²) in [4.78, 5) is 17.4. The van der Waals surface area contributed by atoms with E-state index in [-0.39, 0.29) is 5.91 Å². The van der Waals surface area contributed by atoms with Crippen LogP contribution in [0.1, 0.15) is 35.2 Å². The number of carbonyl (C=O) groups is 1. The van der Waals surface area contributed by atoms with Crippen LogP contribution in [0.5, 0.6) is 0 Å². The highest BCUT2D eigenvalue weighted by Gasteiger charge is 2.29. The fourth-order valence-electron chi connectivity index (χ4n) is 3.49. The van der Waals surface area contributed by atoms with Gasteiger partial charge in [-0.2, -0.15) is 0 Å². The van der Waals surface area contributed by atoms with Crippen molar-refractivity contribution in [2.24, 2.45) is 5.73 Å². The van der Waals surface area contributed by atoms with Gasteiger partial charge in [-0.3, -0.25) is 9.69 Å². The predicted molar refractivity (Wildman–Crippen MR) is 90.3 cm³/mol. The molecule has 0 radical (unpaired) electrons. The summed E-state index contributed by atoms with van der Waals surface area (Å²) in [7, 11) is 0. The standard InChI is InChI=1S/C18H27N3O2/c19-13-15-4-6-16(7-5-15)18(22)21-8-2-1-3-17(21)14-20-9-11-23-12-10-20/h4-7,17H,1-3,8-14,19H2. The SMILES string of the molecule is NCc1ccc(C(=O)N2CCCCC2CN2CCOCC2)cc1. The Kier molecular flexibility index (Phi) is 5.65. The van der Waals surface area contributed by atoms with E-state index in [2.05, 4.69) is 9.80 Å². The maximum atomic E-state index is 12.9. The molecule has 1 aromatic carbocycles. The Hall–Kier alpha value is -1.43. The highest BCUT2D eigenvalue weighted by molar-refractivity contribution is 5.94. The minimum atomic E-state index is 0.159. The van der Waals surface area contributed by atoms with E-state index < -0.39 is 0 Å². The number of nitrogens with zero attached hydrogens (tertiary/aromatic N) is 2. The van der Waals surface area contributed by atoms with Crippen molar-refractivity contribution < 1.29 is 9.53 Å². The number of carbonyl (C=O) groups excluding carboxylic acids is 1. The van der Waals surface area contributed by atoms with Crippen LogP contribution in [-0.2, 0) is 11.3 Å². The molecule has 2 fully saturated rings. The van der Waals surface area contributed by atoms with Crippen molar-refractivity contribution in [1.82, 2.24) is 9.80 Å². The lowest BCUT2D eigenvalue weighted by Gasteiger charge is -2.39. The predicted octanol–water partition coefficient (Wildman–Crippen LogP) is 1.47. The molecular formula is C18H27N3O2. The molecule has 5 nitrogen and oxygen atoms in total. The second kappa shape index (κ2) is 7.90. The number of amides is 1. The van der Waals surface area contributed by atoms with E-state index in [1.54, 1.807) is 0 Å². The maximum absolute atomic E-state index is 12.9. The lowest BCUT2D eigenvalue weighted by atomic mass is 9.99. The zero-order valence-electron chi connectivity index (χ0n) is 13.7. The second-order valence-electron chi connectivity index (χ2n) is 6.46. The molecule has 0 bridgehead atoms. The highest BCUT2D eigenvalue weighted by atomic mass is 16.5. The second-order valence-corrected chi connectivity index (χ2v) is 6.46. The zero-order chi connectivity index (χ0) is 16.1. The molecule has 2 aliphatic rings. The largest absolute Gasteiger partial charge is 0.379 e. The summed E-state index contributed by atoms with van der Waals surface area (Å²) in [6, 6.07) is 8.04. The molecule has 2 saturated heterocycles. The summed E-state index contributed by atoms with van der Waals surface area (Å²) >= 11 is 0. The van der Waals surface area contributed by atoms with Crippen molar-refractivity contribution in [2.75, 3.05) is 39.4 Å². The molecule has 3 rings (SSSR count). The van der Waals surface area contributed by atoms with E-state index in [4.69, 9.17) is 10.5 Å². The van der Waals surface area contributed by atoms with Gasteiger partial charge in [0.25, 0.3) is 5.91 Å². The van der Waals surface area contributed by atoms with Gasteiger partial charge in [0.2, 0.25) is 0 Å². The molecule has 0 saturated carbocycles. The first-order valence-electron chi connectivity index (χ1n) is 8.68. The molecule has 0 aliphatic carbocycles. The van der Waals surface area contributed by atoms with Crippen molar-refractivity contribution in [3.8, 4) is 0 Å². The van der Waals surface area contributed by atoms with E-state index in [1.807, 2.05) is 24.3 Å². The topological polar surface area (TPSA) is 58.8 Å². The summed E-state index contributed by atoms with van der Waals surface area (Å²) < 4.78 is 5.42. The molecule has 0 aromatic heterocycles. The summed E-state index contributed by atoms with van der Waals surface area (Å²) in [5.74, 6) is 0.159. The van der Waals surface area contributed by atoms with Crippen LogP contribution in [0, 0.1) is 0 Å². The van der Waals surface area contributed by atoms with Gasteiger partial charge in [0.1, 0.15) is 0 Å². The van der Waals surface area contributed by atoms with Crippen LogP contribution in [0.3, 0.4) is 0 Å². The van der Waals surface area contributed by atoms with Crippen LogP contribution >= 0.6 is 0 Å². The fourth-order valence-corrected chi connectivity index (χ4v) is 3.49. The Morgan fingerprint density at radius 1 is 1.13 bits per heavy atom. The van der Waals surface area contributed by atoms with E-state index in [9.17, 15) is 4.79 Å². The lowest BCUT2D eigenvalue weighted by molar-refractivity contribution is 0.0166. The molecule has 1 unspecified atom stereocenters. The van der Waals surface area contributed by atoms with Gasteiger partial charge >= 0.3 is 0 Å². The van der Waals surface area contributed by atoms with Crippen LogP contribution in [0.15, 0.2) is 24.3 Å². The van der Waals surface area contributed by atoms with Crippen LogP contribution in [0.2, 0.25) is 0 Å². The Labute approximate surface area is 138 Å². The molecule has 23 heavy (non-hydrogen) atoms. The first-order valence-corrected chi connectivity index (χ1v) is 8.68. The van der Waals surface area contributed by atoms with Crippen LogP contribution in [0.25, 0.3) is 0 Å². The number of benzene rings is 1. The summed E-state index contributed by atoms with van der Waals surface area (Å²) in [5.41, 5.74) is 7.47. The number of piperidine rings is 1. The van der Waals surface area contributed by atoms with Crippen molar-refractivity contribution in [2.45, 2.75) is 31.8 Å². The maximum Gasteiger partial charge on any atom is 0.254 e. The molecule has 1 amide bonds. The van der Waals surface area contributed by atoms with Crippen LogP contribution in [0.4, 0.5) is 0 Å². The lowest BCUT2D eigenvalue weighted by Crippen LogP contribution is -2.51. The molecule has 2 aliphatic heterocycles. The number of ether oxygens (including phenoxy) is 1. The molecule has 126 valence electrons. The first-order chi connectivity index (χ1) is 11.3. The number of hydrogen-bond acceptors (Lipinski definition) is 4. The van der Waals surface area contributed by atoms with Gasteiger partial charge in [-0.05, 0) is 37.0 Å². The monoisotopic (exact) mass is 317 g/mol. The van der Waals surface area contributed by atoms with E-state index >= 15 is 0 Å². The summed E-state index contributed by atoms with van der Waals surface area (Å²) in [6.07, 6.45) is 3.42. The quantitative estimate of drug-likeness (QED) is 0.914. The molecule has 2 heterocycles. The van der Waals surface area contributed by atoms with Crippen molar-refractivity contribution in [3.63, 3.8) is 0 Å². The van der Waals surface area contributed by atoms with Crippen LogP contribution < -0.4 is 5.73 Å². The normalized spacial score (nSPS) is 23.0. The molecule has 1 atom stereocenters. The summed E-state index contributed by atoms with van der Waals surface area (Å²) in [5, 5.41) is 0. The number of morpholine rings is 1. The van der Waals surface area contributed by atoms with Gasteiger partial charge in [0.15, 0.2) is 0 Å². The number of likely N-dealkylation sites (tertiary alicyclic amines) is 1. The van der Waals surface area contributed by atoms with Crippen molar-refractivity contribution in [3.05, 3.63) is 35.4 Å². The van der Waals surface area contributed by atoms with E-state index in [0.717, 1.165) is 63.4 Å². The minimum absolute atomic E-state index is 0.159. The van der Waals surface area contributed by atoms with Gasteiger partial charge in [0, 0.05) is 44.3 Å².